The zero-order chi connectivity index (χ0) is 17.2. The zero-order valence-corrected chi connectivity index (χ0v) is 13.9. The van der Waals surface area contributed by atoms with Crippen LogP contribution in [0.25, 0.3) is 10.8 Å². The van der Waals surface area contributed by atoms with Gasteiger partial charge in [0, 0.05) is 24.5 Å². The van der Waals surface area contributed by atoms with E-state index in [0.29, 0.717) is 17.2 Å². The smallest absolute Gasteiger partial charge is 0.243 e. The Hall–Kier alpha value is -3.21. The summed E-state index contributed by atoms with van der Waals surface area (Å²) in [5.74, 6) is 1.27. The van der Waals surface area contributed by atoms with Crippen molar-refractivity contribution >= 4 is 28.1 Å². The van der Waals surface area contributed by atoms with Crippen LogP contribution in [0.15, 0.2) is 60.7 Å². The number of anilines is 2. The van der Waals surface area contributed by atoms with Crippen molar-refractivity contribution in [2.45, 2.75) is 0 Å². The summed E-state index contributed by atoms with van der Waals surface area (Å²) in [4.78, 5) is 14.3. The summed E-state index contributed by atoms with van der Waals surface area (Å²) in [5, 5.41) is 5.23. The molecule has 1 aliphatic rings. The van der Waals surface area contributed by atoms with E-state index in [1.54, 1.807) is 18.2 Å². The van der Waals surface area contributed by atoms with Crippen LogP contribution in [-0.2, 0) is 4.79 Å². The molecule has 1 N–H and O–H groups in total. The van der Waals surface area contributed by atoms with E-state index in [9.17, 15) is 4.79 Å². The molecule has 0 atom stereocenters. The van der Waals surface area contributed by atoms with Crippen molar-refractivity contribution in [3.05, 3.63) is 60.7 Å². The Morgan fingerprint density at radius 1 is 1.00 bits per heavy atom. The van der Waals surface area contributed by atoms with Gasteiger partial charge in [-0.05, 0) is 35.0 Å². The lowest BCUT2D eigenvalue weighted by molar-refractivity contribution is -0.114. The van der Waals surface area contributed by atoms with E-state index in [0.717, 1.165) is 11.1 Å². The predicted octanol–water partition coefficient (Wildman–Crippen LogP) is 3.64. The van der Waals surface area contributed by atoms with Gasteiger partial charge in [-0.2, -0.15) is 0 Å². The van der Waals surface area contributed by atoms with Crippen LogP contribution in [0, 0.1) is 0 Å². The summed E-state index contributed by atoms with van der Waals surface area (Å²) in [7, 11) is 1.91. The molecule has 25 heavy (non-hydrogen) atoms. The number of fused-ring (bicyclic) bond motifs is 2. The first-order chi connectivity index (χ1) is 12.2. The van der Waals surface area contributed by atoms with Gasteiger partial charge in [-0.1, -0.05) is 30.3 Å². The first-order valence-corrected chi connectivity index (χ1v) is 8.08. The maximum absolute atomic E-state index is 12.3. The maximum atomic E-state index is 12.3. The van der Waals surface area contributed by atoms with Gasteiger partial charge >= 0.3 is 0 Å². The number of nitrogens with one attached hydrogen (secondary N) is 1. The topological polar surface area (TPSA) is 50.8 Å². The van der Waals surface area contributed by atoms with Gasteiger partial charge in [-0.25, -0.2) is 0 Å². The molecule has 0 aromatic heterocycles. The number of benzene rings is 3. The predicted molar refractivity (Wildman–Crippen MR) is 98.4 cm³/mol. The molecule has 0 saturated carbocycles. The average molecular weight is 334 g/mol. The van der Waals surface area contributed by atoms with Gasteiger partial charge in [0.05, 0.1) is 6.54 Å². The van der Waals surface area contributed by atoms with E-state index in [2.05, 4.69) is 29.6 Å². The van der Waals surface area contributed by atoms with E-state index in [-0.39, 0.29) is 19.2 Å². The summed E-state index contributed by atoms with van der Waals surface area (Å²) in [5.41, 5.74) is 1.70. The summed E-state index contributed by atoms with van der Waals surface area (Å²) < 4.78 is 10.6. The zero-order valence-electron chi connectivity index (χ0n) is 13.9. The second kappa shape index (κ2) is 6.36. The van der Waals surface area contributed by atoms with Gasteiger partial charge < -0.3 is 19.7 Å². The third kappa shape index (κ3) is 3.21. The van der Waals surface area contributed by atoms with E-state index in [1.165, 1.54) is 5.39 Å². The summed E-state index contributed by atoms with van der Waals surface area (Å²) in [6.45, 7) is 0.476. The highest BCUT2D eigenvalue weighted by atomic mass is 16.7. The first kappa shape index (κ1) is 15.3. The molecule has 0 aliphatic carbocycles. The van der Waals surface area contributed by atoms with E-state index < -0.39 is 0 Å². The molecular weight excluding hydrogens is 316 g/mol. The second-order valence-corrected chi connectivity index (χ2v) is 6.00. The van der Waals surface area contributed by atoms with Gasteiger partial charge in [0.2, 0.25) is 12.7 Å². The van der Waals surface area contributed by atoms with Crippen molar-refractivity contribution in [3.8, 4) is 11.5 Å². The van der Waals surface area contributed by atoms with Gasteiger partial charge in [0.25, 0.3) is 0 Å². The van der Waals surface area contributed by atoms with Crippen LogP contribution in [0.5, 0.6) is 11.5 Å². The molecule has 3 aromatic rings. The fourth-order valence-electron chi connectivity index (χ4n) is 2.90. The number of nitrogens with zero attached hydrogens (tertiary/aromatic N) is 1. The van der Waals surface area contributed by atoms with Crippen LogP contribution in [0.3, 0.4) is 0 Å². The molecule has 1 amide bonds. The number of amides is 1. The number of likely N-dealkylation sites (N-methyl/N-ethyl adjacent to an activating group) is 1. The molecule has 5 nitrogen and oxygen atoms in total. The second-order valence-electron chi connectivity index (χ2n) is 6.00. The third-order valence-electron chi connectivity index (χ3n) is 4.21. The van der Waals surface area contributed by atoms with Crippen LogP contribution in [0.4, 0.5) is 11.4 Å². The Labute approximate surface area is 145 Å². The standard InChI is InChI=1S/C20H18N2O3/c1-22(17-8-6-14-4-2-3-5-15(14)10-17)12-20(23)21-16-7-9-18-19(11-16)25-13-24-18/h2-11H,12-13H2,1H3,(H,21,23). The minimum absolute atomic E-state index is 0.0884. The molecule has 1 heterocycles. The molecule has 0 saturated heterocycles. The number of carbonyl (C=O) groups excluding carboxylic acids is 1. The average Bonchev–Trinajstić information content (AvgIpc) is 3.09. The van der Waals surface area contributed by atoms with E-state index in [1.807, 2.05) is 30.1 Å². The minimum Gasteiger partial charge on any atom is -0.454 e. The molecule has 0 bridgehead atoms. The maximum Gasteiger partial charge on any atom is 0.243 e. The number of carbonyl (C=O) groups is 1. The van der Waals surface area contributed by atoms with Gasteiger partial charge in [-0.3, -0.25) is 4.79 Å². The molecule has 126 valence electrons. The molecule has 1 aliphatic heterocycles. The van der Waals surface area contributed by atoms with Gasteiger partial charge in [0.1, 0.15) is 0 Å². The Bertz CT molecular complexity index is 939. The Balaban J connectivity index is 1.44. The summed E-state index contributed by atoms with van der Waals surface area (Å²) in [6, 6.07) is 19.7. The molecule has 5 heteroatoms. The molecule has 4 rings (SSSR count). The Morgan fingerprint density at radius 3 is 2.68 bits per heavy atom. The van der Waals surface area contributed by atoms with Gasteiger partial charge in [-0.15, -0.1) is 0 Å². The van der Waals surface area contributed by atoms with Gasteiger partial charge in [0.15, 0.2) is 11.5 Å². The third-order valence-corrected chi connectivity index (χ3v) is 4.21. The lowest BCUT2D eigenvalue weighted by atomic mass is 10.1. The van der Waals surface area contributed by atoms with Crippen LogP contribution < -0.4 is 19.7 Å². The normalized spacial score (nSPS) is 12.2. The fraction of sp³-hybridized carbons (Fsp3) is 0.150. The first-order valence-electron chi connectivity index (χ1n) is 8.08. The minimum atomic E-state index is -0.0884. The van der Waals surface area contributed by atoms with Crippen LogP contribution in [0.1, 0.15) is 0 Å². The molecule has 0 radical (unpaired) electrons. The Kier molecular flexibility index (Phi) is 3.90. The van der Waals surface area contributed by atoms with E-state index >= 15 is 0 Å². The highest BCUT2D eigenvalue weighted by Gasteiger charge is 2.15. The molecule has 0 fully saturated rings. The van der Waals surface area contributed by atoms with Crippen molar-refractivity contribution in [3.63, 3.8) is 0 Å². The molecule has 0 unspecified atom stereocenters. The van der Waals surface area contributed by atoms with E-state index in [4.69, 9.17) is 9.47 Å². The van der Waals surface area contributed by atoms with Crippen molar-refractivity contribution in [2.24, 2.45) is 0 Å². The van der Waals surface area contributed by atoms with Crippen LogP contribution in [-0.4, -0.2) is 26.3 Å². The SMILES string of the molecule is CN(CC(=O)Nc1ccc2c(c1)OCO2)c1ccc2ccccc2c1. The lowest BCUT2D eigenvalue weighted by Crippen LogP contribution is -2.30. The van der Waals surface area contributed by atoms with Crippen molar-refractivity contribution in [2.75, 3.05) is 30.6 Å². The highest BCUT2D eigenvalue weighted by Crippen LogP contribution is 2.34. The monoisotopic (exact) mass is 334 g/mol. The van der Waals surface area contributed by atoms with Crippen LogP contribution in [0.2, 0.25) is 0 Å². The van der Waals surface area contributed by atoms with Crippen molar-refractivity contribution in [1.82, 2.24) is 0 Å². The lowest BCUT2D eigenvalue weighted by Gasteiger charge is -2.19. The Morgan fingerprint density at radius 2 is 1.80 bits per heavy atom. The summed E-state index contributed by atoms with van der Waals surface area (Å²) in [6.07, 6.45) is 0. The largest absolute Gasteiger partial charge is 0.454 e. The molecule has 0 spiro atoms. The van der Waals surface area contributed by atoms with Crippen molar-refractivity contribution in [1.29, 1.82) is 0 Å². The number of rotatable bonds is 4. The van der Waals surface area contributed by atoms with Crippen molar-refractivity contribution < 1.29 is 14.3 Å². The van der Waals surface area contributed by atoms with Crippen LogP contribution >= 0.6 is 0 Å². The number of hydrogen-bond acceptors (Lipinski definition) is 4. The molecular formula is C20H18N2O3. The quantitative estimate of drug-likeness (QED) is 0.791. The summed E-state index contributed by atoms with van der Waals surface area (Å²) >= 11 is 0. The molecule has 3 aromatic carbocycles. The number of ether oxygens (including phenoxy) is 2. The highest BCUT2D eigenvalue weighted by molar-refractivity contribution is 5.95. The fourth-order valence-corrected chi connectivity index (χ4v) is 2.90. The number of hydrogen-bond donors (Lipinski definition) is 1.